The van der Waals surface area contributed by atoms with E-state index in [2.05, 4.69) is 16.0 Å². The molecule has 9 N–H and O–H groups in total. The van der Waals surface area contributed by atoms with Crippen LogP contribution < -0.4 is 27.4 Å². The zero-order valence-electron chi connectivity index (χ0n) is 18.7. The van der Waals surface area contributed by atoms with Crippen LogP contribution in [0.15, 0.2) is 30.3 Å². The van der Waals surface area contributed by atoms with Gasteiger partial charge in [-0.3, -0.25) is 19.2 Å². The second kappa shape index (κ2) is 14.9. The molecule has 12 nitrogen and oxygen atoms in total. The van der Waals surface area contributed by atoms with Crippen molar-refractivity contribution in [2.24, 2.45) is 11.5 Å². The highest BCUT2D eigenvalue weighted by molar-refractivity contribution is 7.98. The van der Waals surface area contributed by atoms with Gasteiger partial charge in [-0.2, -0.15) is 11.8 Å². The molecule has 1 aromatic carbocycles. The van der Waals surface area contributed by atoms with Gasteiger partial charge in [0, 0.05) is 6.42 Å². The molecule has 0 saturated heterocycles. The summed E-state index contributed by atoms with van der Waals surface area (Å²) in [5, 5.41) is 26.1. The van der Waals surface area contributed by atoms with Crippen LogP contribution in [-0.4, -0.2) is 82.6 Å². The second-order valence-corrected chi connectivity index (χ2v) is 8.44. The summed E-state index contributed by atoms with van der Waals surface area (Å²) in [7, 11) is 0. The summed E-state index contributed by atoms with van der Waals surface area (Å²) in [6.45, 7) is -0.802. The normalized spacial score (nSPS) is 14.2. The number of aliphatic carboxylic acids is 1. The Labute approximate surface area is 201 Å². The highest BCUT2D eigenvalue weighted by atomic mass is 32.2. The number of carbonyl (C=O) groups is 5. The van der Waals surface area contributed by atoms with Crippen LogP contribution in [-0.2, 0) is 30.4 Å². The highest BCUT2D eigenvalue weighted by Crippen LogP contribution is 2.06. The number of thioether (sulfide) groups is 1. The minimum Gasteiger partial charge on any atom is -0.480 e. The Kier molecular flexibility index (Phi) is 12.6. The molecule has 4 atom stereocenters. The van der Waals surface area contributed by atoms with Crippen LogP contribution in [0.4, 0.5) is 0 Å². The lowest BCUT2D eigenvalue weighted by Crippen LogP contribution is -2.58. The van der Waals surface area contributed by atoms with Gasteiger partial charge in [0.25, 0.3) is 0 Å². The van der Waals surface area contributed by atoms with Crippen LogP contribution in [0.1, 0.15) is 18.4 Å². The van der Waals surface area contributed by atoms with E-state index in [9.17, 15) is 34.2 Å². The molecule has 0 fully saturated rings. The van der Waals surface area contributed by atoms with Crippen LogP contribution in [0.25, 0.3) is 0 Å². The van der Waals surface area contributed by atoms with Gasteiger partial charge < -0.3 is 37.6 Å². The summed E-state index contributed by atoms with van der Waals surface area (Å²) in [4.78, 5) is 60.1. The fourth-order valence-electron chi connectivity index (χ4n) is 2.88. The molecule has 0 saturated carbocycles. The number of hydrogen-bond donors (Lipinski definition) is 7. The Morgan fingerprint density at radius 2 is 1.50 bits per heavy atom. The molecular weight excluding hydrogens is 466 g/mol. The number of hydrogen-bond acceptors (Lipinski definition) is 8. The lowest BCUT2D eigenvalue weighted by atomic mass is 10.1. The van der Waals surface area contributed by atoms with Crippen LogP contribution in [0.2, 0.25) is 0 Å². The van der Waals surface area contributed by atoms with E-state index in [0.29, 0.717) is 11.3 Å². The van der Waals surface area contributed by atoms with E-state index in [1.54, 1.807) is 36.6 Å². The smallest absolute Gasteiger partial charge is 0.326 e. The van der Waals surface area contributed by atoms with E-state index < -0.39 is 66.8 Å². The number of carboxylic acids is 1. The molecular formula is C21H31N5O7S. The molecule has 0 aliphatic heterocycles. The fraction of sp³-hybridized carbons (Fsp3) is 0.476. The lowest BCUT2D eigenvalue weighted by Gasteiger charge is -2.24. The highest BCUT2D eigenvalue weighted by Gasteiger charge is 2.30. The quantitative estimate of drug-likeness (QED) is 0.139. The van der Waals surface area contributed by atoms with Crippen molar-refractivity contribution in [1.82, 2.24) is 16.0 Å². The molecule has 34 heavy (non-hydrogen) atoms. The molecule has 1 rings (SSSR count). The third-order valence-corrected chi connectivity index (χ3v) is 5.36. The lowest BCUT2D eigenvalue weighted by molar-refractivity contribution is -0.142. The van der Waals surface area contributed by atoms with Crippen molar-refractivity contribution in [3.8, 4) is 0 Å². The first-order valence-corrected chi connectivity index (χ1v) is 11.8. The number of amides is 4. The van der Waals surface area contributed by atoms with Crippen molar-refractivity contribution in [1.29, 1.82) is 0 Å². The van der Waals surface area contributed by atoms with E-state index in [1.807, 2.05) is 0 Å². The van der Waals surface area contributed by atoms with Gasteiger partial charge in [-0.1, -0.05) is 30.3 Å². The molecule has 0 aliphatic carbocycles. The van der Waals surface area contributed by atoms with Crippen molar-refractivity contribution >= 4 is 41.4 Å². The minimum atomic E-state index is -1.45. The monoisotopic (exact) mass is 497 g/mol. The van der Waals surface area contributed by atoms with Gasteiger partial charge in [-0.25, -0.2) is 4.79 Å². The van der Waals surface area contributed by atoms with Crippen LogP contribution in [0, 0.1) is 0 Å². The Hall–Kier alpha value is -3.16. The van der Waals surface area contributed by atoms with Gasteiger partial charge in [0.2, 0.25) is 23.6 Å². The molecule has 0 spiro atoms. The Morgan fingerprint density at radius 3 is 2.03 bits per heavy atom. The SMILES string of the molecule is CSCCC(NC(=O)C(CO)NC(=O)C(N)CC(N)=O)C(=O)NC(Cc1ccccc1)C(=O)O. The van der Waals surface area contributed by atoms with Gasteiger partial charge in [0.1, 0.15) is 18.1 Å². The number of carbonyl (C=O) groups excluding carboxylic acids is 4. The Balaban J connectivity index is 2.87. The second-order valence-electron chi connectivity index (χ2n) is 7.45. The molecule has 13 heteroatoms. The van der Waals surface area contributed by atoms with Crippen LogP contribution >= 0.6 is 11.8 Å². The molecule has 4 amide bonds. The molecule has 188 valence electrons. The predicted octanol–water partition coefficient (Wildman–Crippen LogP) is -2.28. The van der Waals surface area contributed by atoms with E-state index >= 15 is 0 Å². The van der Waals surface area contributed by atoms with Gasteiger partial charge >= 0.3 is 5.97 Å². The van der Waals surface area contributed by atoms with E-state index in [1.165, 1.54) is 11.8 Å². The summed E-state index contributed by atoms with van der Waals surface area (Å²) in [6.07, 6.45) is 1.55. The predicted molar refractivity (Wildman–Crippen MR) is 125 cm³/mol. The standard InChI is InChI=1S/C21H31N5O7S/c1-34-8-7-14(19(30)25-15(21(32)33)9-12-5-3-2-4-6-12)24-20(31)16(11-27)26-18(29)13(22)10-17(23)28/h2-6,13-16,27H,7-11,22H2,1H3,(H2,23,28)(H,24,31)(H,25,30)(H,26,29)(H,32,33). The first kappa shape index (κ1) is 28.9. The first-order valence-electron chi connectivity index (χ1n) is 10.4. The van der Waals surface area contributed by atoms with E-state index in [4.69, 9.17) is 11.5 Å². The van der Waals surface area contributed by atoms with Gasteiger partial charge in [-0.15, -0.1) is 0 Å². The molecule has 0 aromatic heterocycles. The number of rotatable bonds is 15. The van der Waals surface area contributed by atoms with Gasteiger partial charge in [-0.05, 0) is 24.0 Å². The molecule has 0 radical (unpaired) electrons. The number of benzene rings is 1. The number of carboxylic acid groups (broad SMARTS) is 1. The number of aliphatic hydroxyl groups is 1. The Morgan fingerprint density at radius 1 is 0.941 bits per heavy atom. The number of nitrogens with two attached hydrogens (primary N) is 2. The van der Waals surface area contributed by atoms with Crippen molar-refractivity contribution in [2.75, 3.05) is 18.6 Å². The average Bonchev–Trinajstić information content (AvgIpc) is 2.79. The Bertz CT molecular complexity index is 855. The summed E-state index contributed by atoms with van der Waals surface area (Å²) < 4.78 is 0. The van der Waals surface area contributed by atoms with E-state index in [-0.39, 0.29) is 12.8 Å². The van der Waals surface area contributed by atoms with Gasteiger partial charge in [0.15, 0.2) is 0 Å². The fourth-order valence-corrected chi connectivity index (χ4v) is 3.35. The molecule has 0 aliphatic rings. The van der Waals surface area contributed by atoms with E-state index in [0.717, 1.165) is 0 Å². The van der Waals surface area contributed by atoms with Crippen LogP contribution in [0.3, 0.4) is 0 Å². The third-order valence-electron chi connectivity index (χ3n) is 4.71. The zero-order chi connectivity index (χ0) is 25.7. The van der Waals surface area contributed by atoms with Crippen molar-refractivity contribution in [3.63, 3.8) is 0 Å². The maximum absolute atomic E-state index is 12.8. The number of nitrogens with one attached hydrogen (secondary N) is 3. The van der Waals surface area contributed by atoms with Crippen molar-refractivity contribution in [3.05, 3.63) is 35.9 Å². The maximum Gasteiger partial charge on any atom is 0.326 e. The topological polar surface area (TPSA) is 214 Å². The van der Waals surface area contributed by atoms with Crippen LogP contribution in [0.5, 0.6) is 0 Å². The maximum atomic E-state index is 12.8. The molecule has 4 unspecified atom stereocenters. The zero-order valence-corrected chi connectivity index (χ0v) is 19.5. The summed E-state index contributed by atoms with van der Waals surface area (Å²) in [5.41, 5.74) is 11.2. The van der Waals surface area contributed by atoms with Gasteiger partial charge in [0.05, 0.1) is 19.1 Å². The third kappa shape index (κ3) is 10.2. The molecule has 0 heterocycles. The first-order chi connectivity index (χ1) is 16.1. The molecule has 1 aromatic rings. The molecule has 0 bridgehead atoms. The largest absolute Gasteiger partial charge is 0.480 e. The number of aliphatic hydroxyl groups excluding tert-OH is 1. The summed E-state index contributed by atoms with van der Waals surface area (Å²) >= 11 is 1.41. The van der Waals surface area contributed by atoms with Crippen molar-refractivity contribution in [2.45, 2.75) is 43.4 Å². The number of primary amides is 1. The summed E-state index contributed by atoms with van der Waals surface area (Å²) in [5.74, 6) is -4.07. The average molecular weight is 498 g/mol. The van der Waals surface area contributed by atoms with Crippen molar-refractivity contribution < 1.29 is 34.2 Å². The minimum absolute atomic E-state index is 0.0399. The summed E-state index contributed by atoms with van der Waals surface area (Å²) in [6, 6.07) is 3.61.